The maximum Gasteiger partial charge on any atom is 0.261 e. The number of halogens is 1. The molecule has 7 heteroatoms. The van der Waals surface area contributed by atoms with Gasteiger partial charge >= 0.3 is 0 Å². The molecule has 0 radical (unpaired) electrons. The van der Waals surface area contributed by atoms with Gasteiger partial charge in [-0.3, -0.25) is 9.52 Å². The molecule has 0 saturated carbocycles. The van der Waals surface area contributed by atoms with Crippen LogP contribution >= 0.6 is 11.6 Å². The number of nitrogens with one attached hydrogen (secondary N) is 1. The summed E-state index contributed by atoms with van der Waals surface area (Å²) in [6, 6.07) is 11.1. The smallest absolute Gasteiger partial charge is 0.261 e. The highest BCUT2D eigenvalue weighted by atomic mass is 35.5. The molecule has 134 valence electrons. The van der Waals surface area contributed by atoms with E-state index in [0.29, 0.717) is 18.8 Å². The lowest BCUT2D eigenvalue weighted by Crippen LogP contribution is -2.30. The second-order valence-electron chi connectivity index (χ2n) is 5.59. The molecule has 2 rings (SSSR count). The van der Waals surface area contributed by atoms with Crippen LogP contribution in [0.4, 0.5) is 5.69 Å². The van der Waals surface area contributed by atoms with Crippen molar-refractivity contribution in [2.75, 3.05) is 17.8 Å². The zero-order valence-electron chi connectivity index (χ0n) is 14.4. The molecule has 0 aromatic heterocycles. The lowest BCUT2D eigenvalue weighted by molar-refractivity contribution is 0.0773. The van der Waals surface area contributed by atoms with Gasteiger partial charge in [0.25, 0.3) is 15.9 Å². The molecular weight excluding hydrogens is 360 g/mol. The summed E-state index contributed by atoms with van der Waals surface area (Å²) in [7, 11) is -3.73. The van der Waals surface area contributed by atoms with Gasteiger partial charge in [0, 0.05) is 18.8 Å². The zero-order chi connectivity index (χ0) is 18.6. The van der Waals surface area contributed by atoms with Crippen LogP contribution in [0.25, 0.3) is 0 Å². The van der Waals surface area contributed by atoms with Crippen molar-refractivity contribution in [1.29, 1.82) is 0 Å². The maximum absolute atomic E-state index is 12.5. The lowest BCUT2D eigenvalue weighted by atomic mass is 10.1. The van der Waals surface area contributed by atoms with Gasteiger partial charge in [-0.25, -0.2) is 8.42 Å². The molecule has 0 heterocycles. The van der Waals surface area contributed by atoms with Gasteiger partial charge in [0.1, 0.15) is 0 Å². The first-order valence-corrected chi connectivity index (χ1v) is 9.83. The molecule has 0 fully saturated rings. The number of aryl methyl sites for hydroxylation is 1. The number of nitrogens with zero attached hydrogens (tertiary/aromatic N) is 1. The molecular formula is C18H21ClN2O3S. The van der Waals surface area contributed by atoms with Gasteiger partial charge in [0.05, 0.1) is 15.5 Å². The minimum absolute atomic E-state index is 0.157. The Morgan fingerprint density at radius 1 is 1.08 bits per heavy atom. The topological polar surface area (TPSA) is 66.5 Å². The fourth-order valence-corrected chi connectivity index (χ4v) is 3.61. The summed E-state index contributed by atoms with van der Waals surface area (Å²) in [5.41, 5.74) is 1.53. The molecule has 0 aliphatic carbocycles. The highest BCUT2D eigenvalue weighted by Gasteiger charge is 2.19. The van der Waals surface area contributed by atoms with E-state index in [1.807, 2.05) is 20.8 Å². The first-order chi connectivity index (χ1) is 11.8. The van der Waals surface area contributed by atoms with Crippen LogP contribution in [0.15, 0.2) is 47.4 Å². The van der Waals surface area contributed by atoms with Gasteiger partial charge < -0.3 is 4.90 Å². The highest BCUT2D eigenvalue weighted by molar-refractivity contribution is 7.92. The molecule has 0 aliphatic heterocycles. The number of benzene rings is 2. The summed E-state index contributed by atoms with van der Waals surface area (Å²) >= 11 is 6.13. The first-order valence-electron chi connectivity index (χ1n) is 7.96. The van der Waals surface area contributed by atoms with E-state index in [0.717, 1.165) is 5.56 Å². The summed E-state index contributed by atoms with van der Waals surface area (Å²) in [5, 5.41) is 0.287. The Bertz CT molecular complexity index is 860. The Morgan fingerprint density at radius 3 is 2.24 bits per heavy atom. The molecule has 5 nitrogen and oxygen atoms in total. The number of hydrogen-bond donors (Lipinski definition) is 1. The van der Waals surface area contributed by atoms with E-state index >= 15 is 0 Å². The number of anilines is 1. The molecule has 0 bridgehead atoms. The predicted molar refractivity (Wildman–Crippen MR) is 101 cm³/mol. The Balaban J connectivity index is 2.33. The van der Waals surface area contributed by atoms with Gasteiger partial charge in [-0.15, -0.1) is 0 Å². The quantitative estimate of drug-likeness (QED) is 0.825. The maximum atomic E-state index is 12.5. The van der Waals surface area contributed by atoms with Crippen LogP contribution in [0.1, 0.15) is 29.8 Å². The third-order valence-electron chi connectivity index (χ3n) is 3.83. The van der Waals surface area contributed by atoms with Crippen LogP contribution in [0, 0.1) is 6.92 Å². The number of carbonyl (C=O) groups excluding carboxylic acids is 1. The summed E-state index contributed by atoms with van der Waals surface area (Å²) in [4.78, 5) is 14.3. The first kappa shape index (κ1) is 19.3. The van der Waals surface area contributed by atoms with E-state index in [2.05, 4.69) is 4.72 Å². The second-order valence-corrected chi connectivity index (χ2v) is 7.68. The van der Waals surface area contributed by atoms with Crippen molar-refractivity contribution in [3.8, 4) is 0 Å². The molecule has 1 N–H and O–H groups in total. The number of amides is 1. The minimum atomic E-state index is -3.73. The van der Waals surface area contributed by atoms with Crippen LogP contribution in [0.2, 0.25) is 5.02 Å². The van der Waals surface area contributed by atoms with Gasteiger partial charge in [0.15, 0.2) is 0 Å². The van der Waals surface area contributed by atoms with Crippen molar-refractivity contribution in [3.05, 3.63) is 58.6 Å². The lowest BCUT2D eigenvalue weighted by Gasteiger charge is -2.20. The average molecular weight is 381 g/mol. The Labute approximate surface area is 153 Å². The van der Waals surface area contributed by atoms with Gasteiger partial charge in [0.2, 0.25) is 0 Å². The van der Waals surface area contributed by atoms with Gasteiger partial charge in [-0.05, 0) is 51.1 Å². The van der Waals surface area contributed by atoms with Crippen molar-refractivity contribution in [1.82, 2.24) is 4.90 Å². The summed E-state index contributed by atoms with van der Waals surface area (Å²) in [5.74, 6) is -0.230. The molecule has 1 amide bonds. The number of sulfonamides is 1. The Morgan fingerprint density at radius 2 is 1.68 bits per heavy atom. The predicted octanol–water partition coefficient (Wildman–Crippen LogP) is 3.93. The molecule has 0 spiro atoms. The van der Waals surface area contributed by atoms with Crippen LogP contribution in [0.5, 0.6) is 0 Å². The third kappa shape index (κ3) is 4.52. The third-order valence-corrected chi connectivity index (χ3v) is 5.56. The molecule has 2 aromatic rings. The fourth-order valence-electron chi connectivity index (χ4n) is 2.37. The fraction of sp³-hybridized carbons (Fsp3) is 0.278. The summed E-state index contributed by atoms with van der Waals surface area (Å²) < 4.78 is 27.5. The van der Waals surface area contributed by atoms with Crippen molar-refractivity contribution in [2.45, 2.75) is 25.7 Å². The van der Waals surface area contributed by atoms with Gasteiger partial charge in [-0.1, -0.05) is 29.3 Å². The van der Waals surface area contributed by atoms with E-state index in [9.17, 15) is 13.2 Å². The highest BCUT2D eigenvalue weighted by Crippen LogP contribution is 2.24. The molecule has 0 atom stereocenters. The average Bonchev–Trinajstić information content (AvgIpc) is 2.57. The van der Waals surface area contributed by atoms with Crippen LogP contribution in [0.3, 0.4) is 0 Å². The van der Waals surface area contributed by atoms with Crippen LogP contribution in [-0.2, 0) is 10.0 Å². The normalized spacial score (nSPS) is 11.2. The number of hydrogen-bond acceptors (Lipinski definition) is 3. The molecule has 25 heavy (non-hydrogen) atoms. The second kappa shape index (κ2) is 7.89. The summed E-state index contributed by atoms with van der Waals surface area (Å²) in [6.07, 6.45) is 0. The molecule has 0 unspecified atom stereocenters. The Kier molecular flexibility index (Phi) is 6.08. The van der Waals surface area contributed by atoms with Crippen molar-refractivity contribution >= 4 is 33.2 Å². The SMILES string of the molecule is CCN(CC)C(=O)c1cc(NS(=O)(=O)c2ccc(C)cc2)ccc1Cl. The van der Waals surface area contributed by atoms with E-state index in [1.54, 1.807) is 17.0 Å². The molecule has 0 aliphatic rings. The van der Waals surface area contributed by atoms with Crippen molar-refractivity contribution in [2.24, 2.45) is 0 Å². The summed E-state index contributed by atoms with van der Waals surface area (Å²) in [6.45, 7) is 6.72. The van der Waals surface area contributed by atoms with E-state index < -0.39 is 10.0 Å². The van der Waals surface area contributed by atoms with Crippen LogP contribution in [-0.4, -0.2) is 32.3 Å². The molecule has 2 aromatic carbocycles. The van der Waals surface area contributed by atoms with Crippen molar-refractivity contribution in [3.63, 3.8) is 0 Å². The van der Waals surface area contributed by atoms with Gasteiger partial charge in [-0.2, -0.15) is 0 Å². The monoisotopic (exact) mass is 380 g/mol. The Hall–Kier alpha value is -2.05. The van der Waals surface area contributed by atoms with Crippen LogP contribution < -0.4 is 4.72 Å². The van der Waals surface area contributed by atoms with E-state index in [4.69, 9.17) is 11.6 Å². The standard InChI is InChI=1S/C18H21ClN2O3S/c1-4-21(5-2)18(22)16-12-14(8-11-17(16)19)20-25(23,24)15-9-6-13(3)7-10-15/h6-12,20H,4-5H2,1-3H3. The minimum Gasteiger partial charge on any atom is -0.339 e. The van der Waals surface area contributed by atoms with E-state index in [1.165, 1.54) is 30.3 Å². The van der Waals surface area contributed by atoms with E-state index in [-0.39, 0.29) is 21.4 Å². The van der Waals surface area contributed by atoms with Crippen molar-refractivity contribution < 1.29 is 13.2 Å². The molecule has 0 saturated heterocycles. The zero-order valence-corrected chi connectivity index (χ0v) is 16.0. The largest absolute Gasteiger partial charge is 0.339 e. The number of carbonyl (C=O) groups is 1. The number of rotatable bonds is 6.